The topological polar surface area (TPSA) is 55.4 Å². The van der Waals surface area contributed by atoms with Gasteiger partial charge in [-0.2, -0.15) is 0 Å². The van der Waals surface area contributed by atoms with Crippen LogP contribution in [0.1, 0.15) is 13.8 Å². The Hall–Kier alpha value is -0.420. The molecular weight excluding hydrogens is 250 g/mol. The third-order valence-corrected chi connectivity index (χ3v) is 3.10. The molecule has 0 radical (unpaired) electrons. The van der Waals surface area contributed by atoms with Crippen LogP contribution >= 0.6 is 15.9 Å². The summed E-state index contributed by atoms with van der Waals surface area (Å²) in [5.41, 5.74) is -0.588. The zero-order valence-corrected chi connectivity index (χ0v) is 9.89. The second kappa shape index (κ2) is 4.40. The summed E-state index contributed by atoms with van der Waals surface area (Å²) >= 11 is 3.14. The van der Waals surface area contributed by atoms with Crippen LogP contribution in [0.2, 0.25) is 0 Å². The van der Waals surface area contributed by atoms with Crippen LogP contribution in [0.15, 0.2) is 0 Å². The molecular formula is C9H14BrNO3. The minimum atomic E-state index is -0.588. The van der Waals surface area contributed by atoms with Crippen LogP contribution in [0.25, 0.3) is 0 Å². The largest absolute Gasteiger partial charge is 0.378 e. The minimum absolute atomic E-state index is 0.0637. The first-order valence-electron chi connectivity index (χ1n) is 4.45. The van der Waals surface area contributed by atoms with Crippen molar-refractivity contribution in [2.75, 3.05) is 18.5 Å². The van der Waals surface area contributed by atoms with Crippen molar-refractivity contribution in [3.05, 3.63) is 0 Å². The first-order valence-corrected chi connectivity index (χ1v) is 5.57. The number of amides is 1. The summed E-state index contributed by atoms with van der Waals surface area (Å²) < 4.78 is 5.24. The summed E-state index contributed by atoms with van der Waals surface area (Å²) in [5.74, 6) is -0.0668. The summed E-state index contributed by atoms with van der Waals surface area (Å²) in [6.07, 6.45) is 0. The van der Waals surface area contributed by atoms with Crippen molar-refractivity contribution >= 4 is 27.6 Å². The van der Waals surface area contributed by atoms with Crippen LogP contribution in [0.3, 0.4) is 0 Å². The Bertz CT molecular complexity index is 256. The standard InChI is InChI=1S/C9H14BrNO3/c1-6(12)11-7-4-14-5-9(7,2)8(13)3-10/h7H,3-5H2,1-2H3,(H,11,12). The summed E-state index contributed by atoms with van der Waals surface area (Å²) in [6.45, 7) is 4.05. The molecule has 0 aromatic rings. The van der Waals surface area contributed by atoms with Crippen molar-refractivity contribution in [1.29, 1.82) is 0 Å². The van der Waals surface area contributed by atoms with Gasteiger partial charge < -0.3 is 10.1 Å². The molecule has 0 aliphatic carbocycles. The molecule has 1 aliphatic rings. The Kier molecular flexibility index (Phi) is 3.66. The molecule has 80 valence electrons. The Morgan fingerprint density at radius 3 is 2.79 bits per heavy atom. The molecule has 0 aromatic heterocycles. The quantitative estimate of drug-likeness (QED) is 0.755. The zero-order chi connectivity index (χ0) is 10.8. The van der Waals surface area contributed by atoms with E-state index in [2.05, 4.69) is 21.2 Å². The highest BCUT2D eigenvalue weighted by atomic mass is 79.9. The SMILES string of the molecule is CC(=O)NC1COCC1(C)C(=O)CBr. The average Bonchev–Trinajstić information content (AvgIpc) is 2.47. The lowest BCUT2D eigenvalue weighted by Crippen LogP contribution is -2.49. The average molecular weight is 264 g/mol. The minimum Gasteiger partial charge on any atom is -0.378 e. The number of ketones is 1. The highest BCUT2D eigenvalue weighted by molar-refractivity contribution is 9.09. The molecule has 1 rings (SSSR count). The number of rotatable bonds is 3. The number of carbonyl (C=O) groups excluding carboxylic acids is 2. The van der Waals surface area contributed by atoms with Gasteiger partial charge in [0.15, 0.2) is 5.78 Å². The number of halogens is 1. The zero-order valence-electron chi connectivity index (χ0n) is 8.30. The molecule has 1 saturated heterocycles. The number of alkyl halides is 1. The summed E-state index contributed by atoms with van der Waals surface area (Å²) in [7, 11) is 0. The van der Waals surface area contributed by atoms with E-state index in [1.54, 1.807) is 0 Å². The molecule has 1 fully saturated rings. The lowest BCUT2D eigenvalue weighted by molar-refractivity contribution is -0.127. The summed E-state index contributed by atoms with van der Waals surface area (Å²) in [4.78, 5) is 22.6. The van der Waals surface area contributed by atoms with Crippen molar-refractivity contribution in [2.24, 2.45) is 5.41 Å². The second-order valence-corrected chi connectivity index (χ2v) is 4.30. The lowest BCUT2D eigenvalue weighted by Gasteiger charge is -2.27. The van der Waals surface area contributed by atoms with Gasteiger partial charge in [-0.25, -0.2) is 0 Å². The smallest absolute Gasteiger partial charge is 0.217 e. The van der Waals surface area contributed by atoms with Crippen LogP contribution in [0.4, 0.5) is 0 Å². The fraction of sp³-hybridized carbons (Fsp3) is 0.778. The molecule has 2 unspecified atom stereocenters. The van der Waals surface area contributed by atoms with Gasteiger partial charge >= 0.3 is 0 Å². The number of nitrogens with one attached hydrogen (secondary N) is 1. The number of hydrogen-bond acceptors (Lipinski definition) is 3. The number of carbonyl (C=O) groups is 2. The maximum atomic E-state index is 11.6. The summed E-state index contributed by atoms with van der Waals surface area (Å²) in [5, 5.41) is 3.04. The van der Waals surface area contributed by atoms with Gasteiger partial charge in [-0.05, 0) is 6.92 Å². The highest BCUT2D eigenvalue weighted by Gasteiger charge is 2.45. The predicted molar refractivity (Wildman–Crippen MR) is 55.3 cm³/mol. The van der Waals surface area contributed by atoms with Crippen LogP contribution in [-0.4, -0.2) is 36.3 Å². The van der Waals surface area contributed by atoms with E-state index in [0.717, 1.165) is 0 Å². The molecule has 2 atom stereocenters. The maximum Gasteiger partial charge on any atom is 0.217 e. The number of hydrogen-bond donors (Lipinski definition) is 1. The molecule has 1 heterocycles. The van der Waals surface area contributed by atoms with Crippen LogP contribution < -0.4 is 5.32 Å². The Morgan fingerprint density at radius 1 is 1.64 bits per heavy atom. The van der Waals surface area contributed by atoms with E-state index in [0.29, 0.717) is 18.5 Å². The van der Waals surface area contributed by atoms with E-state index in [4.69, 9.17) is 4.74 Å². The number of Topliss-reactive ketones (excluding diaryl/α,β-unsaturated/α-hetero) is 1. The molecule has 0 aromatic carbocycles. The van der Waals surface area contributed by atoms with Gasteiger partial charge in [-0.1, -0.05) is 15.9 Å². The van der Waals surface area contributed by atoms with Gasteiger partial charge in [0.05, 0.1) is 30.0 Å². The van der Waals surface area contributed by atoms with Crippen molar-refractivity contribution in [2.45, 2.75) is 19.9 Å². The van der Waals surface area contributed by atoms with Crippen molar-refractivity contribution < 1.29 is 14.3 Å². The third-order valence-electron chi connectivity index (χ3n) is 2.59. The highest BCUT2D eigenvalue weighted by Crippen LogP contribution is 2.30. The summed E-state index contributed by atoms with van der Waals surface area (Å²) in [6, 6.07) is -0.204. The van der Waals surface area contributed by atoms with Crippen LogP contribution in [-0.2, 0) is 14.3 Å². The lowest BCUT2D eigenvalue weighted by atomic mass is 9.81. The number of ether oxygens (including phenoxy) is 1. The molecule has 1 amide bonds. The van der Waals surface area contributed by atoms with Crippen molar-refractivity contribution in [3.8, 4) is 0 Å². The van der Waals surface area contributed by atoms with Crippen LogP contribution in [0.5, 0.6) is 0 Å². The van der Waals surface area contributed by atoms with E-state index >= 15 is 0 Å². The maximum absolute atomic E-state index is 11.6. The van der Waals surface area contributed by atoms with E-state index in [1.165, 1.54) is 6.92 Å². The normalized spacial score (nSPS) is 31.5. The van der Waals surface area contributed by atoms with Crippen LogP contribution in [0, 0.1) is 5.41 Å². The first kappa shape index (κ1) is 11.7. The molecule has 5 heteroatoms. The first-order chi connectivity index (χ1) is 6.50. The van der Waals surface area contributed by atoms with Gasteiger partial charge in [0.2, 0.25) is 5.91 Å². The molecule has 0 bridgehead atoms. The van der Waals surface area contributed by atoms with Crippen molar-refractivity contribution in [3.63, 3.8) is 0 Å². The molecule has 14 heavy (non-hydrogen) atoms. The third kappa shape index (κ3) is 2.15. The molecule has 4 nitrogen and oxygen atoms in total. The van der Waals surface area contributed by atoms with Gasteiger partial charge in [-0.3, -0.25) is 9.59 Å². The molecule has 0 spiro atoms. The Morgan fingerprint density at radius 2 is 2.29 bits per heavy atom. The van der Waals surface area contributed by atoms with Crippen molar-refractivity contribution in [1.82, 2.24) is 5.32 Å². The predicted octanol–water partition coefficient (Wildman–Crippen LogP) is 0.492. The Labute approximate surface area is 91.5 Å². The van der Waals surface area contributed by atoms with E-state index in [-0.39, 0.29) is 17.7 Å². The fourth-order valence-electron chi connectivity index (χ4n) is 1.55. The second-order valence-electron chi connectivity index (χ2n) is 3.74. The van der Waals surface area contributed by atoms with Gasteiger partial charge in [-0.15, -0.1) is 0 Å². The fourth-order valence-corrected chi connectivity index (χ4v) is 2.19. The molecule has 0 saturated carbocycles. The molecule has 1 aliphatic heterocycles. The van der Waals surface area contributed by atoms with Gasteiger partial charge in [0, 0.05) is 6.92 Å². The van der Waals surface area contributed by atoms with Gasteiger partial charge in [0.25, 0.3) is 0 Å². The monoisotopic (exact) mass is 263 g/mol. The van der Waals surface area contributed by atoms with E-state index in [1.807, 2.05) is 6.92 Å². The Balaban J connectivity index is 2.75. The molecule has 1 N–H and O–H groups in total. The van der Waals surface area contributed by atoms with E-state index in [9.17, 15) is 9.59 Å². The van der Waals surface area contributed by atoms with Gasteiger partial charge in [0.1, 0.15) is 0 Å². The van der Waals surface area contributed by atoms with E-state index < -0.39 is 5.41 Å².